The number of aromatic nitrogens is 2. The van der Waals surface area contributed by atoms with Crippen LogP contribution in [0, 0.1) is 0 Å². The zero-order valence-electron chi connectivity index (χ0n) is 15.9. The van der Waals surface area contributed by atoms with Crippen LogP contribution in [0.2, 0.25) is 0 Å². The highest BCUT2D eigenvalue weighted by molar-refractivity contribution is 7.25. The van der Waals surface area contributed by atoms with Gasteiger partial charge in [0.2, 0.25) is 0 Å². The van der Waals surface area contributed by atoms with Crippen molar-refractivity contribution in [2.24, 2.45) is 0 Å². The Morgan fingerprint density at radius 1 is 0.750 bits per heavy atom. The lowest BCUT2D eigenvalue weighted by Gasteiger charge is -2.07. The van der Waals surface area contributed by atoms with Gasteiger partial charge in [-0.25, -0.2) is 4.98 Å². The molecular formula is C25H20N2S. The van der Waals surface area contributed by atoms with Crippen LogP contribution in [0.3, 0.4) is 0 Å². The number of hydrogen-bond acceptors (Lipinski definition) is 3. The number of fused-ring (bicyclic) bond motifs is 3. The molecule has 28 heavy (non-hydrogen) atoms. The van der Waals surface area contributed by atoms with Crippen LogP contribution in [0.25, 0.3) is 42.8 Å². The second kappa shape index (κ2) is 6.84. The first kappa shape index (κ1) is 17.1. The van der Waals surface area contributed by atoms with Gasteiger partial charge < -0.3 is 0 Å². The minimum Gasteiger partial charge on any atom is -0.256 e. The van der Waals surface area contributed by atoms with Crippen LogP contribution in [0.5, 0.6) is 0 Å². The van der Waals surface area contributed by atoms with E-state index in [0.717, 1.165) is 28.0 Å². The van der Waals surface area contributed by atoms with Crippen LogP contribution in [0.15, 0.2) is 79.0 Å². The molecular weight excluding hydrogens is 360 g/mol. The highest BCUT2D eigenvalue weighted by atomic mass is 32.1. The van der Waals surface area contributed by atoms with Crippen molar-refractivity contribution in [3.8, 4) is 22.5 Å². The average Bonchev–Trinajstić information content (AvgIpc) is 3.11. The molecule has 136 valence electrons. The van der Waals surface area contributed by atoms with Crippen molar-refractivity contribution in [3.63, 3.8) is 0 Å². The SMILES string of the molecule is CC(C)c1ccnc(-c2ccc3sc4ccc(-c5ccccc5)nc4c3c2)c1. The molecule has 0 fully saturated rings. The van der Waals surface area contributed by atoms with E-state index >= 15 is 0 Å². The number of hydrogen-bond donors (Lipinski definition) is 0. The third-order valence-electron chi connectivity index (χ3n) is 5.13. The standard InChI is InChI=1S/C25H20N2S/c1-16(2)18-12-13-26-22(15-18)19-8-10-23-20(14-19)25-24(28-23)11-9-21(27-25)17-6-4-3-5-7-17/h3-16H,1-2H3. The molecule has 0 spiro atoms. The fourth-order valence-corrected chi connectivity index (χ4v) is 4.56. The van der Waals surface area contributed by atoms with Gasteiger partial charge in [-0.3, -0.25) is 4.98 Å². The molecule has 5 rings (SSSR count). The van der Waals surface area contributed by atoms with E-state index < -0.39 is 0 Å². The average molecular weight is 381 g/mol. The van der Waals surface area contributed by atoms with E-state index in [2.05, 4.69) is 85.6 Å². The summed E-state index contributed by atoms with van der Waals surface area (Å²) in [6, 6.07) is 25.6. The first-order valence-corrected chi connectivity index (χ1v) is 10.4. The molecule has 2 nitrogen and oxygen atoms in total. The molecule has 2 aromatic carbocycles. The van der Waals surface area contributed by atoms with Gasteiger partial charge >= 0.3 is 0 Å². The van der Waals surface area contributed by atoms with Crippen molar-refractivity contribution >= 4 is 31.6 Å². The maximum atomic E-state index is 5.00. The van der Waals surface area contributed by atoms with Gasteiger partial charge in [0.1, 0.15) is 0 Å². The van der Waals surface area contributed by atoms with E-state index in [1.165, 1.54) is 20.3 Å². The predicted molar refractivity (Wildman–Crippen MR) is 120 cm³/mol. The van der Waals surface area contributed by atoms with Gasteiger partial charge in [0.05, 0.1) is 21.6 Å². The molecule has 0 atom stereocenters. The van der Waals surface area contributed by atoms with Crippen molar-refractivity contribution in [1.82, 2.24) is 9.97 Å². The van der Waals surface area contributed by atoms with Crippen LogP contribution in [-0.2, 0) is 0 Å². The number of benzene rings is 2. The van der Waals surface area contributed by atoms with Crippen LogP contribution < -0.4 is 0 Å². The predicted octanol–water partition coefficient (Wildman–Crippen LogP) is 7.30. The molecule has 3 aromatic heterocycles. The normalized spacial score (nSPS) is 11.5. The molecule has 0 unspecified atom stereocenters. The number of rotatable bonds is 3. The quantitative estimate of drug-likeness (QED) is 0.328. The Morgan fingerprint density at radius 2 is 1.57 bits per heavy atom. The second-order valence-corrected chi connectivity index (χ2v) is 8.44. The number of thiophene rings is 1. The summed E-state index contributed by atoms with van der Waals surface area (Å²) < 4.78 is 2.48. The third kappa shape index (κ3) is 2.98. The van der Waals surface area contributed by atoms with Gasteiger partial charge in [-0.2, -0.15) is 0 Å². The van der Waals surface area contributed by atoms with Crippen LogP contribution in [-0.4, -0.2) is 9.97 Å². The second-order valence-electron chi connectivity index (χ2n) is 7.35. The lowest BCUT2D eigenvalue weighted by atomic mass is 10.0. The van der Waals surface area contributed by atoms with Crippen molar-refractivity contribution in [3.05, 3.63) is 84.6 Å². The molecule has 0 aliphatic rings. The topological polar surface area (TPSA) is 25.8 Å². The molecule has 3 heteroatoms. The monoisotopic (exact) mass is 380 g/mol. The fourth-order valence-electron chi connectivity index (χ4n) is 3.54. The Morgan fingerprint density at radius 3 is 2.39 bits per heavy atom. The Balaban J connectivity index is 1.68. The van der Waals surface area contributed by atoms with Gasteiger partial charge in [-0.05, 0) is 47.9 Å². The summed E-state index contributed by atoms with van der Waals surface area (Å²) >= 11 is 1.79. The summed E-state index contributed by atoms with van der Waals surface area (Å²) in [6.45, 7) is 4.42. The smallest absolute Gasteiger partial charge is 0.0896 e. The molecule has 5 aromatic rings. The maximum absolute atomic E-state index is 5.00. The first-order chi connectivity index (χ1) is 13.7. The van der Waals surface area contributed by atoms with Crippen molar-refractivity contribution < 1.29 is 0 Å². The molecule has 0 radical (unpaired) electrons. The third-order valence-corrected chi connectivity index (χ3v) is 6.25. The van der Waals surface area contributed by atoms with E-state index in [9.17, 15) is 0 Å². The van der Waals surface area contributed by atoms with Crippen molar-refractivity contribution in [2.75, 3.05) is 0 Å². The van der Waals surface area contributed by atoms with Crippen molar-refractivity contribution in [2.45, 2.75) is 19.8 Å². The molecule has 0 bridgehead atoms. The van der Waals surface area contributed by atoms with Gasteiger partial charge in [-0.15, -0.1) is 11.3 Å². The van der Waals surface area contributed by atoms with Gasteiger partial charge in [0, 0.05) is 27.4 Å². The lowest BCUT2D eigenvalue weighted by Crippen LogP contribution is -1.90. The zero-order valence-corrected chi connectivity index (χ0v) is 16.7. The van der Waals surface area contributed by atoms with E-state index in [4.69, 9.17) is 4.98 Å². The highest BCUT2D eigenvalue weighted by Gasteiger charge is 2.11. The number of nitrogens with zero attached hydrogens (tertiary/aromatic N) is 2. The summed E-state index contributed by atoms with van der Waals surface area (Å²) in [4.78, 5) is 9.62. The van der Waals surface area contributed by atoms with Gasteiger partial charge in [-0.1, -0.05) is 50.2 Å². The minimum atomic E-state index is 0.488. The Hall–Kier alpha value is -3.04. The largest absolute Gasteiger partial charge is 0.256 e. The Bertz CT molecular complexity index is 1290. The van der Waals surface area contributed by atoms with E-state index in [-0.39, 0.29) is 0 Å². The first-order valence-electron chi connectivity index (χ1n) is 9.54. The Labute approximate surface area is 168 Å². The molecule has 0 aliphatic heterocycles. The Kier molecular flexibility index (Phi) is 4.18. The number of pyridine rings is 2. The van der Waals surface area contributed by atoms with Crippen LogP contribution >= 0.6 is 11.3 Å². The van der Waals surface area contributed by atoms with Crippen LogP contribution in [0.1, 0.15) is 25.3 Å². The molecule has 0 saturated carbocycles. The van der Waals surface area contributed by atoms with Gasteiger partial charge in [0.25, 0.3) is 0 Å². The molecule has 0 N–H and O–H groups in total. The van der Waals surface area contributed by atoms with E-state index in [0.29, 0.717) is 5.92 Å². The fraction of sp³-hybridized carbons (Fsp3) is 0.120. The molecule has 3 heterocycles. The van der Waals surface area contributed by atoms with Gasteiger partial charge in [0.15, 0.2) is 0 Å². The zero-order chi connectivity index (χ0) is 19.1. The lowest BCUT2D eigenvalue weighted by molar-refractivity contribution is 0.864. The molecule has 0 aliphatic carbocycles. The van der Waals surface area contributed by atoms with Crippen LogP contribution in [0.4, 0.5) is 0 Å². The van der Waals surface area contributed by atoms with Crippen molar-refractivity contribution in [1.29, 1.82) is 0 Å². The highest BCUT2D eigenvalue weighted by Crippen LogP contribution is 2.36. The van der Waals surface area contributed by atoms with E-state index in [1.54, 1.807) is 11.3 Å². The molecule has 0 saturated heterocycles. The summed E-state index contributed by atoms with van der Waals surface area (Å²) in [5, 5.41) is 1.20. The maximum Gasteiger partial charge on any atom is 0.0896 e. The summed E-state index contributed by atoms with van der Waals surface area (Å²) in [5.74, 6) is 0.488. The van der Waals surface area contributed by atoms with E-state index in [1.807, 2.05) is 12.3 Å². The summed E-state index contributed by atoms with van der Waals surface area (Å²) in [6.07, 6.45) is 1.91. The molecule has 0 amide bonds. The summed E-state index contributed by atoms with van der Waals surface area (Å²) in [5.41, 5.74) is 6.70. The minimum absolute atomic E-state index is 0.488. The summed E-state index contributed by atoms with van der Waals surface area (Å²) in [7, 11) is 0.